The van der Waals surface area contributed by atoms with Crippen LogP contribution >= 0.6 is 0 Å². The van der Waals surface area contributed by atoms with Gasteiger partial charge in [-0.05, 0) is 24.3 Å². The number of methoxy groups -OCH3 is 1. The van der Waals surface area contributed by atoms with E-state index in [0.717, 1.165) is 5.69 Å². The summed E-state index contributed by atoms with van der Waals surface area (Å²) in [6.07, 6.45) is 0. The second-order valence-electron chi connectivity index (χ2n) is 5.89. The first-order valence-corrected chi connectivity index (χ1v) is 8.33. The van der Waals surface area contributed by atoms with E-state index in [4.69, 9.17) is 4.74 Å². The number of hydrogen-bond donors (Lipinski definition) is 1. The molecule has 0 bridgehead atoms. The van der Waals surface area contributed by atoms with E-state index in [1.807, 2.05) is 17.0 Å². The molecule has 0 saturated carbocycles. The molecule has 7 heteroatoms. The molecule has 1 aliphatic rings. The van der Waals surface area contributed by atoms with E-state index in [0.29, 0.717) is 31.7 Å². The van der Waals surface area contributed by atoms with Gasteiger partial charge in [-0.1, -0.05) is 24.3 Å². The predicted molar refractivity (Wildman–Crippen MR) is 97.0 cm³/mol. The molecule has 136 valence electrons. The monoisotopic (exact) mass is 357 g/mol. The molecule has 0 unspecified atom stereocenters. The summed E-state index contributed by atoms with van der Waals surface area (Å²) in [7, 11) is 1.35. The topological polar surface area (TPSA) is 61.9 Å². The van der Waals surface area contributed by atoms with Gasteiger partial charge in [-0.2, -0.15) is 0 Å². The number of anilines is 2. The van der Waals surface area contributed by atoms with E-state index in [-0.39, 0.29) is 17.7 Å². The molecule has 1 aliphatic heterocycles. The highest BCUT2D eigenvalue weighted by atomic mass is 19.1. The summed E-state index contributed by atoms with van der Waals surface area (Å²) in [5.74, 6) is -0.855. The molecule has 1 heterocycles. The van der Waals surface area contributed by atoms with Crippen LogP contribution in [0.1, 0.15) is 10.4 Å². The van der Waals surface area contributed by atoms with Crippen LogP contribution in [0.15, 0.2) is 48.5 Å². The molecule has 1 N–H and O–H groups in total. The van der Waals surface area contributed by atoms with Crippen LogP contribution in [0.25, 0.3) is 0 Å². The van der Waals surface area contributed by atoms with Gasteiger partial charge in [-0.15, -0.1) is 0 Å². The SMILES string of the molecule is COC(=O)c1ccccc1N1CCN(C(=O)Nc2ccccc2F)CC1. The maximum atomic E-state index is 13.7. The highest BCUT2D eigenvalue weighted by Crippen LogP contribution is 2.23. The van der Waals surface area contributed by atoms with Crippen molar-refractivity contribution in [2.75, 3.05) is 43.5 Å². The highest BCUT2D eigenvalue weighted by molar-refractivity contribution is 5.96. The summed E-state index contributed by atoms with van der Waals surface area (Å²) >= 11 is 0. The lowest BCUT2D eigenvalue weighted by atomic mass is 10.1. The molecule has 2 amide bonds. The summed E-state index contributed by atoms with van der Waals surface area (Å²) in [5, 5.41) is 2.59. The molecule has 0 radical (unpaired) electrons. The molecule has 2 aromatic carbocycles. The Morgan fingerprint density at radius 2 is 1.65 bits per heavy atom. The zero-order valence-corrected chi connectivity index (χ0v) is 14.4. The second kappa shape index (κ2) is 7.86. The van der Waals surface area contributed by atoms with Crippen molar-refractivity contribution in [3.63, 3.8) is 0 Å². The Morgan fingerprint density at radius 1 is 1.00 bits per heavy atom. The third kappa shape index (κ3) is 3.77. The van der Waals surface area contributed by atoms with Crippen LogP contribution in [0.2, 0.25) is 0 Å². The van der Waals surface area contributed by atoms with E-state index < -0.39 is 5.82 Å². The van der Waals surface area contributed by atoms with Gasteiger partial charge < -0.3 is 19.9 Å². The highest BCUT2D eigenvalue weighted by Gasteiger charge is 2.24. The molecule has 3 rings (SSSR count). The van der Waals surface area contributed by atoms with Crippen molar-refractivity contribution in [1.82, 2.24) is 4.90 Å². The number of rotatable bonds is 3. The lowest BCUT2D eigenvalue weighted by Gasteiger charge is -2.36. The lowest BCUT2D eigenvalue weighted by molar-refractivity contribution is 0.0601. The summed E-state index contributed by atoms with van der Waals surface area (Å²) in [5.41, 5.74) is 1.45. The molecule has 6 nitrogen and oxygen atoms in total. The largest absolute Gasteiger partial charge is 0.465 e. The van der Waals surface area contributed by atoms with Crippen LogP contribution in [0.5, 0.6) is 0 Å². The molecule has 1 saturated heterocycles. The number of urea groups is 1. The van der Waals surface area contributed by atoms with Gasteiger partial charge in [-0.25, -0.2) is 14.0 Å². The van der Waals surface area contributed by atoms with Crippen LogP contribution in [0, 0.1) is 5.82 Å². The fraction of sp³-hybridized carbons (Fsp3) is 0.263. The molecule has 0 spiro atoms. The standard InChI is InChI=1S/C19H20FN3O3/c1-26-18(24)14-6-2-5-9-17(14)22-10-12-23(13-11-22)19(25)21-16-8-4-3-7-15(16)20/h2-9H,10-13H2,1H3,(H,21,25). The minimum atomic E-state index is -0.466. The molecular formula is C19H20FN3O3. The van der Waals surface area contributed by atoms with Crippen LogP contribution in [0.3, 0.4) is 0 Å². The van der Waals surface area contributed by atoms with E-state index in [1.54, 1.807) is 29.2 Å². The van der Waals surface area contributed by atoms with Crippen molar-refractivity contribution >= 4 is 23.4 Å². The molecule has 2 aromatic rings. The van der Waals surface area contributed by atoms with Gasteiger partial charge in [-0.3, -0.25) is 0 Å². The Kier molecular flexibility index (Phi) is 5.36. The van der Waals surface area contributed by atoms with Crippen molar-refractivity contribution in [2.24, 2.45) is 0 Å². The van der Waals surface area contributed by atoms with Gasteiger partial charge in [0.15, 0.2) is 0 Å². The Balaban J connectivity index is 1.64. The number of piperazine rings is 1. The summed E-state index contributed by atoms with van der Waals surface area (Å²) in [6, 6.07) is 13.0. The number of halogens is 1. The first-order chi connectivity index (χ1) is 12.6. The number of carbonyl (C=O) groups is 2. The number of esters is 1. The fourth-order valence-corrected chi connectivity index (χ4v) is 2.94. The molecule has 0 atom stereocenters. The third-order valence-corrected chi connectivity index (χ3v) is 4.33. The summed E-state index contributed by atoms with van der Waals surface area (Å²) in [6.45, 7) is 2.07. The minimum Gasteiger partial charge on any atom is -0.465 e. The van der Waals surface area contributed by atoms with Gasteiger partial charge in [0.05, 0.1) is 24.0 Å². The maximum absolute atomic E-state index is 13.7. The number of amides is 2. The van der Waals surface area contributed by atoms with E-state index in [1.165, 1.54) is 19.2 Å². The number of ether oxygens (including phenoxy) is 1. The van der Waals surface area contributed by atoms with Crippen LogP contribution in [0.4, 0.5) is 20.6 Å². The van der Waals surface area contributed by atoms with Crippen molar-refractivity contribution in [3.05, 3.63) is 59.9 Å². The Labute approximate surface area is 151 Å². The zero-order chi connectivity index (χ0) is 18.5. The van der Waals surface area contributed by atoms with Gasteiger partial charge in [0, 0.05) is 26.2 Å². The average Bonchev–Trinajstić information content (AvgIpc) is 2.69. The number of para-hydroxylation sites is 2. The Hall–Kier alpha value is -3.09. The normalized spacial score (nSPS) is 14.1. The number of carbonyl (C=O) groups excluding carboxylic acids is 2. The summed E-state index contributed by atoms with van der Waals surface area (Å²) in [4.78, 5) is 27.9. The number of nitrogens with one attached hydrogen (secondary N) is 1. The second-order valence-corrected chi connectivity index (χ2v) is 5.89. The van der Waals surface area contributed by atoms with E-state index in [2.05, 4.69) is 5.32 Å². The Bertz CT molecular complexity index is 804. The number of nitrogens with zero attached hydrogens (tertiary/aromatic N) is 2. The molecule has 0 aromatic heterocycles. The molecular weight excluding hydrogens is 337 g/mol. The molecule has 26 heavy (non-hydrogen) atoms. The molecule has 0 aliphatic carbocycles. The first-order valence-electron chi connectivity index (χ1n) is 8.33. The maximum Gasteiger partial charge on any atom is 0.339 e. The number of hydrogen-bond acceptors (Lipinski definition) is 4. The third-order valence-electron chi connectivity index (χ3n) is 4.33. The Morgan fingerprint density at radius 3 is 2.35 bits per heavy atom. The fourth-order valence-electron chi connectivity index (χ4n) is 2.94. The minimum absolute atomic E-state index is 0.163. The predicted octanol–water partition coefficient (Wildman–Crippen LogP) is 2.97. The zero-order valence-electron chi connectivity index (χ0n) is 14.4. The summed E-state index contributed by atoms with van der Waals surface area (Å²) < 4.78 is 18.5. The van der Waals surface area contributed by atoms with E-state index >= 15 is 0 Å². The quantitative estimate of drug-likeness (QED) is 0.858. The first kappa shape index (κ1) is 17.7. The van der Waals surface area contributed by atoms with Crippen LogP contribution in [-0.2, 0) is 4.74 Å². The van der Waals surface area contributed by atoms with Crippen molar-refractivity contribution in [3.8, 4) is 0 Å². The van der Waals surface area contributed by atoms with Crippen molar-refractivity contribution in [2.45, 2.75) is 0 Å². The van der Waals surface area contributed by atoms with Crippen molar-refractivity contribution in [1.29, 1.82) is 0 Å². The van der Waals surface area contributed by atoms with Gasteiger partial charge >= 0.3 is 12.0 Å². The number of benzene rings is 2. The van der Waals surface area contributed by atoms with Crippen LogP contribution in [-0.4, -0.2) is 50.2 Å². The van der Waals surface area contributed by atoms with Gasteiger partial charge in [0.25, 0.3) is 0 Å². The average molecular weight is 357 g/mol. The molecule has 1 fully saturated rings. The van der Waals surface area contributed by atoms with E-state index in [9.17, 15) is 14.0 Å². The van der Waals surface area contributed by atoms with Crippen molar-refractivity contribution < 1.29 is 18.7 Å². The van der Waals surface area contributed by atoms with Crippen LogP contribution < -0.4 is 10.2 Å². The van der Waals surface area contributed by atoms with Gasteiger partial charge in [0.2, 0.25) is 0 Å². The smallest absolute Gasteiger partial charge is 0.339 e. The lowest BCUT2D eigenvalue weighted by Crippen LogP contribution is -2.50. The van der Waals surface area contributed by atoms with Gasteiger partial charge in [0.1, 0.15) is 5.82 Å².